The third-order valence-corrected chi connectivity index (χ3v) is 5.72. The van der Waals surface area contributed by atoms with Crippen LogP contribution in [0.3, 0.4) is 0 Å². The highest BCUT2D eigenvalue weighted by atomic mass is 32.2. The van der Waals surface area contributed by atoms with E-state index in [-0.39, 0.29) is 10.8 Å². The van der Waals surface area contributed by atoms with E-state index in [1.54, 1.807) is 12.1 Å². The van der Waals surface area contributed by atoms with Crippen molar-refractivity contribution >= 4 is 15.9 Å². The van der Waals surface area contributed by atoms with E-state index in [2.05, 4.69) is 0 Å². The van der Waals surface area contributed by atoms with Gasteiger partial charge in [0.25, 0.3) is 0 Å². The Kier molecular flexibility index (Phi) is 4.92. The number of nitrogens with zero attached hydrogens (tertiary/aromatic N) is 2. The Labute approximate surface area is 133 Å². The fourth-order valence-corrected chi connectivity index (χ4v) is 3.55. The third kappa shape index (κ3) is 3.50. The van der Waals surface area contributed by atoms with E-state index in [9.17, 15) is 13.2 Å². The number of carbonyl (C=O) groups excluding carboxylic acids is 1. The Bertz CT molecular complexity index is 666. The van der Waals surface area contributed by atoms with Crippen LogP contribution >= 0.6 is 0 Å². The van der Waals surface area contributed by atoms with Crippen molar-refractivity contribution in [2.45, 2.75) is 38.1 Å². The minimum absolute atomic E-state index is 0.140. The van der Waals surface area contributed by atoms with Gasteiger partial charge in [0, 0.05) is 33.6 Å². The molecule has 6 heteroatoms. The Morgan fingerprint density at radius 1 is 1.27 bits per heavy atom. The molecule has 2 rings (SSSR count). The van der Waals surface area contributed by atoms with E-state index in [4.69, 9.17) is 0 Å². The van der Waals surface area contributed by atoms with Crippen LogP contribution in [0.5, 0.6) is 0 Å². The number of rotatable bonds is 4. The zero-order valence-corrected chi connectivity index (χ0v) is 14.5. The molecule has 0 aliphatic carbocycles. The van der Waals surface area contributed by atoms with Crippen molar-refractivity contribution in [1.29, 1.82) is 0 Å². The van der Waals surface area contributed by atoms with Crippen LogP contribution in [0.15, 0.2) is 23.1 Å². The molecular weight excluding hydrogens is 300 g/mol. The summed E-state index contributed by atoms with van der Waals surface area (Å²) in [5.74, 6) is 0.468. The van der Waals surface area contributed by atoms with Gasteiger partial charge in [0.1, 0.15) is 0 Å². The quantitative estimate of drug-likeness (QED) is 0.849. The molecule has 0 fully saturated rings. The molecule has 0 bridgehead atoms. The topological polar surface area (TPSA) is 57.7 Å². The van der Waals surface area contributed by atoms with E-state index in [0.717, 1.165) is 17.5 Å². The molecule has 1 aromatic carbocycles. The van der Waals surface area contributed by atoms with Crippen LogP contribution < -0.4 is 0 Å². The molecule has 0 saturated heterocycles. The van der Waals surface area contributed by atoms with Gasteiger partial charge in [0.05, 0.1) is 4.90 Å². The Hall–Kier alpha value is -1.40. The van der Waals surface area contributed by atoms with Crippen molar-refractivity contribution in [3.63, 3.8) is 0 Å². The van der Waals surface area contributed by atoms with E-state index >= 15 is 0 Å². The van der Waals surface area contributed by atoms with Gasteiger partial charge in [-0.2, -0.15) is 0 Å². The second-order valence-electron chi connectivity index (χ2n) is 6.38. The lowest BCUT2D eigenvalue weighted by Gasteiger charge is -2.30. The third-order valence-electron chi connectivity index (χ3n) is 3.90. The molecular formula is C16H24N2O3S. The van der Waals surface area contributed by atoms with Crippen molar-refractivity contribution in [2.24, 2.45) is 5.92 Å². The van der Waals surface area contributed by atoms with Crippen LogP contribution in [0, 0.1) is 5.92 Å². The highest BCUT2D eigenvalue weighted by molar-refractivity contribution is 7.89. The summed E-state index contributed by atoms with van der Waals surface area (Å²) in [5, 5.41) is 0. The van der Waals surface area contributed by atoms with Crippen molar-refractivity contribution < 1.29 is 13.2 Å². The standard InChI is InChI=1S/C16H24N2O3S/c1-12(2)9-16(19)18-8-7-13-5-6-15(10-14(13)11-18)22(20,21)17(3)4/h5-6,10,12H,7-9,11H2,1-4H3. The zero-order chi connectivity index (χ0) is 16.5. The summed E-state index contributed by atoms with van der Waals surface area (Å²) in [6, 6.07) is 5.23. The molecule has 0 atom stereocenters. The second-order valence-corrected chi connectivity index (χ2v) is 8.53. The van der Waals surface area contributed by atoms with Crippen molar-refractivity contribution in [3.8, 4) is 0 Å². The lowest BCUT2D eigenvalue weighted by molar-refractivity contribution is -0.132. The van der Waals surface area contributed by atoms with Crippen molar-refractivity contribution in [1.82, 2.24) is 9.21 Å². The average molecular weight is 324 g/mol. The molecule has 0 unspecified atom stereocenters. The molecule has 1 aromatic rings. The maximum Gasteiger partial charge on any atom is 0.242 e. The van der Waals surface area contributed by atoms with Gasteiger partial charge in [-0.15, -0.1) is 0 Å². The van der Waals surface area contributed by atoms with Gasteiger partial charge in [0.2, 0.25) is 15.9 Å². The summed E-state index contributed by atoms with van der Waals surface area (Å²) in [4.78, 5) is 14.3. The molecule has 1 heterocycles. The lowest BCUT2D eigenvalue weighted by atomic mass is 9.99. The number of carbonyl (C=O) groups is 1. The summed E-state index contributed by atoms with van der Waals surface area (Å²) in [7, 11) is -0.395. The van der Waals surface area contributed by atoms with Gasteiger partial charge in [-0.3, -0.25) is 4.79 Å². The first-order chi connectivity index (χ1) is 10.2. The molecule has 1 aliphatic heterocycles. The SMILES string of the molecule is CC(C)CC(=O)N1CCc2ccc(S(=O)(=O)N(C)C)cc2C1. The molecule has 0 aromatic heterocycles. The first kappa shape index (κ1) is 17.0. The van der Waals surface area contributed by atoms with Gasteiger partial charge in [-0.1, -0.05) is 19.9 Å². The fourth-order valence-electron chi connectivity index (χ4n) is 2.60. The number of benzene rings is 1. The highest BCUT2D eigenvalue weighted by Gasteiger charge is 2.24. The fraction of sp³-hybridized carbons (Fsp3) is 0.562. The maximum atomic E-state index is 12.2. The first-order valence-corrected chi connectivity index (χ1v) is 8.98. The monoisotopic (exact) mass is 324 g/mol. The molecule has 0 N–H and O–H groups in total. The number of amides is 1. The molecule has 122 valence electrons. The number of hydrogen-bond acceptors (Lipinski definition) is 3. The molecule has 22 heavy (non-hydrogen) atoms. The largest absolute Gasteiger partial charge is 0.338 e. The lowest BCUT2D eigenvalue weighted by Crippen LogP contribution is -2.36. The zero-order valence-electron chi connectivity index (χ0n) is 13.7. The molecule has 1 aliphatic rings. The van der Waals surface area contributed by atoms with Crippen LogP contribution in [0.2, 0.25) is 0 Å². The minimum Gasteiger partial charge on any atom is -0.338 e. The van der Waals surface area contributed by atoms with E-state index in [1.165, 1.54) is 18.4 Å². The van der Waals surface area contributed by atoms with Crippen molar-refractivity contribution in [2.75, 3.05) is 20.6 Å². The van der Waals surface area contributed by atoms with Crippen LogP contribution in [0.1, 0.15) is 31.4 Å². The second kappa shape index (κ2) is 6.38. The summed E-state index contributed by atoms with van der Waals surface area (Å²) in [6.45, 7) is 5.26. The highest BCUT2D eigenvalue weighted by Crippen LogP contribution is 2.24. The van der Waals surface area contributed by atoms with Crippen LogP contribution in [0.25, 0.3) is 0 Å². The van der Waals surface area contributed by atoms with Gasteiger partial charge in [0.15, 0.2) is 0 Å². The minimum atomic E-state index is -3.44. The van der Waals surface area contributed by atoms with Crippen LogP contribution in [-0.2, 0) is 27.8 Å². The normalized spacial score (nSPS) is 15.3. The molecule has 0 radical (unpaired) electrons. The van der Waals surface area contributed by atoms with Gasteiger partial charge in [-0.05, 0) is 35.6 Å². The summed E-state index contributed by atoms with van der Waals surface area (Å²) >= 11 is 0. The maximum absolute atomic E-state index is 12.2. The predicted molar refractivity (Wildman–Crippen MR) is 85.9 cm³/mol. The van der Waals surface area contributed by atoms with Gasteiger partial charge < -0.3 is 4.90 Å². The van der Waals surface area contributed by atoms with Gasteiger partial charge in [-0.25, -0.2) is 12.7 Å². The number of hydrogen-bond donors (Lipinski definition) is 0. The number of fused-ring (bicyclic) bond motifs is 1. The smallest absolute Gasteiger partial charge is 0.242 e. The molecule has 1 amide bonds. The molecule has 0 spiro atoms. The van der Waals surface area contributed by atoms with E-state index in [0.29, 0.717) is 25.4 Å². The Morgan fingerprint density at radius 2 is 1.95 bits per heavy atom. The number of sulfonamides is 1. The van der Waals surface area contributed by atoms with Crippen LogP contribution in [-0.4, -0.2) is 44.2 Å². The summed E-state index contributed by atoms with van der Waals surface area (Å²) < 4.78 is 25.7. The predicted octanol–water partition coefficient (Wildman–Crippen LogP) is 1.87. The Balaban J connectivity index is 2.26. The first-order valence-electron chi connectivity index (χ1n) is 7.54. The molecule has 5 nitrogen and oxygen atoms in total. The van der Waals surface area contributed by atoms with Crippen molar-refractivity contribution in [3.05, 3.63) is 29.3 Å². The van der Waals surface area contributed by atoms with E-state index in [1.807, 2.05) is 24.8 Å². The summed E-state index contributed by atoms with van der Waals surface area (Å²) in [6.07, 6.45) is 1.31. The van der Waals surface area contributed by atoms with Crippen LogP contribution in [0.4, 0.5) is 0 Å². The van der Waals surface area contributed by atoms with Gasteiger partial charge >= 0.3 is 0 Å². The summed E-state index contributed by atoms with van der Waals surface area (Å²) in [5.41, 5.74) is 2.07. The molecule has 0 saturated carbocycles. The van der Waals surface area contributed by atoms with E-state index < -0.39 is 10.0 Å². The average Bonchev–Trinajstić information content (AvgIpc) is 2.45. The Morgan fingerprint density at radius 3 is 2.55 bits per heavy atom.